The molecule has 2 aromatic rings. The van der Waals surface area contributed by atoms with Gasteiger partial charge in [0.1, 0.15) is 11.9 Å². The highest BCUT2D eigenvalue weighted by Gasteiger charge is 2.31. The van der Waals surface area contributed by atoms with Crippen LogP contribution >= 0.6 is 11.6 Å². The summed E-state index contributed by atoms with van der Waals surface area (Å²) < 4.78 is 40.2. The van der Waals surface area contributed by atoms with Crippen molar-refractivity contribution >= 4 is 11.6 Å². The first kappa shape index (κ1) is 14.7. The van der Waals surface area contributed by atoms with Crippen LogP contribution in [0.15, 0.2) is 48.5 Å². The molecular formula is C14H10ClF3O2. The van der Waals surface area contributed by atoms with E-state index in [2.05, 4.69) is 4.74 Å². The lowest BCUT2D eigenvalue weighted by molar-refractivity contribution is -0.274. The van der Waals surface area contributed by atoms with Crippen molar-refractivity contribution < 1.29 is 23.0 Å². The average molecular weight is 303 g/mol. The van der Waals surface area contributed by atoms with Gasteiger partial charge in [-0.2, -0.15) is 0 Å². The maximum atomic E-state index is 12.1. The Balaban J connectivity index is 2.24. The predicted molar refractivity (Wildman–Crippen MR) is 68.6 cm³/mol. The Hall–Kier alpha value is -1.72. The molecule has 0 heterocycles. The van der Waals surface area contributed by atoms with E-state index in [0.717, 1.165) is 6.07 Å². The highest BCUT2D eigenvalue weighted by atomic mass is 35.5. The number of hydrogen-bond donors (Lipinski definition) is 1. The molecule has 0 aliphatic rings. The Morgan fingerprint density at radius 2 is 1.65 bits per heavy atom. The standard InChI is InChI=1S/C14H10ClF3O2/c15-11-6-4-9(5-7-11)13(19)10-2-1-3-12(8-10)20-14(16,17)18/h1-8,13,19H. The molecular weight excluding hydrogens is 293 g/mol. The largest absolute Gasteiger partial charge is 0.573 e. The molecule has 20 heavy (non-hydrogen) atoms. The molecule has 1 unspecified atom stereocenters. The molecule has 1 atom stereocenters. The van der Waals surface area contributed by atoms with Crippen LogP contribution in [0.25, 0.3) is 0 Å². The number of aliphatic hydroxyl groups is 1. The zero-order valence-electron chi connectivity index (χ0n) is 10.1. The van der Waals surface area contributed by atoms with Gasteiger partial charge in [0.15, 0.2) is 0 Å². The molecule has 0 aliphatic carbocycles. The van der Waals surface area contributed by atoms with E-state index in [9.17, 15) is 18.3 Å². The van der Waals surface area contributed by atoms with E-state index in [1.807, 2.05) is 0 Å². The highest BCUT2D eigenvalue weighted by Crippen LogP contribution is 2.28. The molecule has 0 spiro atoms. The fourth-order valence-electron chi connectivity index (χ4n) is 1.72. The van der Waals surface area contributed by atoms with Crippen LogP contribution in [0.3, 0.4) is 0 Å². The third-order valence-corrected chi connectivity index (χ3v) is 2.85. The number of hydrogen-bond acceptors (Lipinski definition) is 2. The van der Waals surface area contributed by atoms with Crippen molar-refractivity contribution in [3.8, 4) is 5.75 Å². The summed E-state index contributed by atoms with van der Waals surface area (Å²) in [7, 11) is 0. The number of benzene rings is 2. The molecule has 0 fully saturated rings. The molecule has 6 heteroatoms. The predicted octanol–water partition coefficient (Wildman–Crippen LogP) is 4.32. The van der Waals surface area contributed by atoms with Gasteiger partial charge in [-0.1, -0.05) is 35.9 Å². The van der Waals surface area contributed by atoms with Crippen molar-refractivity contribution in [1.29, 1.82) is 0 Å². The summed E-state index contributed by atoms with van der Waals surface area (Å²) in [4.78, 5) is 0. The van der Waals surface area contributed by atoms with Gasteiger partial charge in [-0.3, -0.25) is 0 Å². The first-order chi connectivity index (χ1) is 9.35. The molecule has 0 saturated heterocycles. The molecule has 2 aromatic carbocycles. The smallest absolute Gasteiger partial charge is 0.406 e. The van der Waals surface area contributed by atoms with Crippen molar-refractivity contribution in [2.75, 3.05) is 0 Å². The Kier molecular flexibility index (Phi) is 4.20. The summed E-state index contributed by atoms with van der Waals surface area (Å²) in [5.74, 6) is -0.372. The summed E-state index contributed by atoms with van der Waals surface area (Å²) in [5, 5.41) is 10.6. The second-order valence-electron chi connectivity index (χ2n) is 4.07. The molecule has 0 radical (unpaired) electrons. The minimum atomic E-state index is -4.76. The van der Waals surface area contributed by atoms with Crippen LogP contribution in [0.4, 0.5) is 13.2 Å². The minimum Gasteiger partial charge on any atom is -0.406 e. The van der Waals surface area contributed by atoms with Crippen LogP contribution in [0.1, 0.15) is 17.2 Å². The van der Waals surface area contributed by atoms with E-state index in [1.165, 1.54) is 18.2 Å². The molecule has 0 aliphatic heterocycles. The van der Waals surface area contributed by atoms with Gasteiger partial charge in [0, 0.05) is 5.02 Å². The van der Waals surface area contributed by atoms with E-state index >= 15 is 0 Å². The van der Waals surface area contributed by atoms with Crippen LogP contribution in [0.5, 0.6) is 5.75 Å². The average Bonchev–Trinajstić information content (AvgIpc) is 2.37. The van der Waals surface area contributed by atoms with Gasteiger partial charge >= 0.3 is 6.36 Å². The highest BCUT2D eigenvalue weighted by molar-refractivity contribution is 6.30. The molecule has 0 bridgehead atoms. The molecule has 0 saturated carbocycles. The minimum absolute atomic E-state index is 0.300. The maximum absolute atomic E-state index is 12.1. The fraction of sp³-hybridized carbons (Fsp3) is 0.143. The van der Waals surface area contributed by atoms with Gasteiger partial charge < -0.3 is 9.84 Å². The number of ether oxygens (including phenoxy) is 1. The molecule has 0 amide bonds. The van der Waals surface area contributed by atoms with Crippen LogP contribution in [-0.4, -0.2) is 11.5 Å². The van der Waals surface area contributed by atoms with Gasteiger partial charge in [-0.15, -0.1) is 13.2 Å². The third-order valence-electron chi connectivity index (χ3n) is 2.59. The van der Waals surface area contributed by atoms with Gasteiger partial charge in [-0.05, 0) is 35.4 Å². The summed E-state index contributed by atoms with van der Waals surface area (Å²) in [5.41, 5.74) is 0.827. The summed E-state index contributed by atoms with van der Waals surface area (Å²) in [6, 6.07) is 11.6. The molecule has 2 rings (SSSR count). The van der Waals surface area contributed by atoms with E-state index in [-0.39, 0.29) is 5.75 Å². The van der Waals surface area contributed by atoms with Crippen molar-refractivity contribution in [2.45, 2.75) is 12.5 Å². The van der Waals surface area contributed by atoms with E-state index in [4.69, 9.17) is 11.6 Å². The Morgan fingerprint density at radius 1 is 1.00 bits per heavy atom. The monoisotopic (exact) mass is 302 g/mol. The Morgan fingerprint density at radius 3 is 2.25 bits per heavy atom. The van der Waals surface area contributed by atoms with Crippen LogP contribution in [0, 0.1) is 0 Å². The van der Waals surface area contributed by atoms with E-state index < -0.39 is 12.5 Å². The summed E-state index contributed by atoms with van der Waals surface area (Å²) in [6.45, 7) is 0. The fourth-order valence-corrected chi connectivity index (χ4v) is 1.85. The van der Waals surface area contributed by atoms with Crippen molar-refractivity contribution in [2.24, 2.45) is 0 Å². The van der Waals surface area contributed by atoms with Crippen LogP contribution < -0.4 is 4.74 Å². The number of rotatable bonds is 3. The number of aliphatic hydroxyl groups excluding tert-OH is 1. The van der Waals surface area contributed by atoms with Gasteiger partial charge in [0.05, 0.1) is 0 Å². The second-order valence-corrected chi connectivity index (χ2v) is 4.51. The Bertz CT molecular complexity index is 582. The van der Waals surface area contributed by atoms with Crippen molar-refractivity contribution in [3.63, 3.8) is 0 Å². The summed E-state index contributed by atoms with van der Waals surface area (Å²) in [6.07, 6.45) is -5.81. The molecule has 1 N–H and O–H groups in total. The molecule has 0 aromatic heterocycles. The zero-order chi connectivity index (χ0) is 14.8. The lowest BCUT2D eigenvalue weighted by Gasteiger charge is -2.14. The van der Waals surface area contributed by atoms with Crippen molar-refractivity contribution in [1.82, 2.24) is 0 Å². The van der Waals surface area contributed by atoms with Gasteiger partial charge in [0.2, 0.25) is 0 Å². The first-order valence-electron chi connectivity index (χ1n) is 5.64. The lowest BCUT2D eigenvalue weighted by atomic mass is 10.0. The van der Waals surface area contributed by atoms with Crippen molar-refractivity contribution in [3.05, 3.63) is 64.7 Å². The number of alkyl halides is 3. The molecule has 2 nitrogen and oxygen atoms in total. The zero-order valence-corrected chi connectivity index (χ0v) is 10.8. The lowest BCUT2D eigenvalue weighted by Crippen LogP contribution is -2.17. The molecule has 106 valence electrons. The normalized spacial score (nSPS) is 13.1. The van der Waals surface area contributed by atoms with Gasteiger partial charge in [-0.25, -0.2) is 0 Å². The summed E-state index contributed by atoms with van der Waals surface area (Å²) >= 11 is 5.73. The van der Waals surface area contributed by atoms with Crippen LogP contribution in [-0.2, 0) is 0 Å². The Labute approximate surface area is 118 Å². The topological polar surface area (TPSA) is 29.5 Å². The quantitative estimate of drug-likeness (QED) is 0.915. The van der Waals surface area contributed by atoms with Gasteiger partial charge in [0.25, 0.3) is 0 Å². The SMILES string of the molecule is OC(c1ccc(Cl)cc1)c1cccc(OC(F)(F)F)c1. The van der Waals surface area contributed by atoms with E-state index in [1.54, 1.807) is 24.3 Å². The maximum Gasteiger partial charge on any atom is 0.573 e. The third kappa shape index (κ3) is 3.88. The number of halogens is 4. The van der Waals surface area contributed by atoms with Crippen LogP contribution in [0.2, 0.25) is 5.02 Å². The van der Waals surface area contributed by atoms with E-state index in [0.29, 0.717) is 16.1 Å². The second kappa shape index (κ2) is 5.73. The first-order valence-corrected chi connectivity index (χ1v) is 6.02.